The third-order valence-electron chi connectivity index (χ3n) is 5.12. The molecule has 0 aliphatic heterocycles. The molecule has 1 unspecified atom stereocenters. The molecule has 0 saturated heterocycles. The first-order valence-electron chi connectivity index (χ1n) is 8.00. The molecule has 0 heterocycles. The van der Waals surface area contributed by atoms with E-state index >= 15 is 0 Å². The van der Waals surface area contributed by atoms with Gasteiger partial charge in [0.05, 0.1) is 5.57 Å². The van der Waals surface area contributed by atoms with Crippen LogP contribution in [0.15, 0.2) is 23.8 Å². The molecule has 1 atom stereocenters. The van der Waals surface area contributed by atoms with E-state index in [9.17, 15) is 18.3 Å². The van der Waals surface area contributed by atoms with Gasteiger partial charge in [0.15, 0.2) is 0 Å². The van der Waals surface area contributed by atoms with Crippen LogP contribution in [0, 0.1) is 10.8 Å². The third kappa shape index (κ3) is 2.56. The summed E-state index contributed by atoms with van der Waals surface area (Å²) >= 11 is 0. The molecule has 0 fully saturated rings. The lowest BCUT2D eigenvalue weighted by Crippen LogP contribution is -2.33. The lowest BCUT2D eigenvalue weighted by molar-refractivity contribution is -0.0868. The molecule has 2 aliphatic rings. The van der Waals surface area contributed by atoms with Gasteiger partial charge in [-0.05, 0) is 54.5 Å². The Morgan fingerprint density at radius 1 is 1.30 bits per heavy atom. The van der Waals surface area contributed by atoms with E-state index < -0.39 is 17.2 Å². The molecule has 2 nitrogen and oxygen atoms in total. The lowest BCUT2D eigenvalue weighted by atomic mass is 9.67. The topological polar surface area (TPSA) is 44.1 Å². The number of halogens is 3. The van der Waals surface area contributed by atoms with E-state index in [-0.39, 0.29) is 17.9 Å². The van der Waals surface area contributed by atoms with Crippen LogP contribution in [-0.2, 0) is 6.42 Å². The molecular formula is C18H20F3NO. The fourth-order valence-electron chi connectivity index (χ4n) is 4.13. The van der Waals surface area contributed by atoms with Crippen molar-refractivity contribution in [3.63, 3.8) is 0 Å². The number of benzene rings is 1. The van der Waals surface area contributed by atoms with Gasteiger partial charge in [0.1, 0.15) is 5.75 Å². The highest BCUT2D eigenvalue weighted by molar-refractivity contribution is 6.09. The summed E-state index contributed by atoms with van der Waals surface area (Å²) in [4.78, 5) is 0. The van der Waals surface area contributed by atoms with E-state index in [1.54, 1.807) is 12.1 Å². The molecule has 0 saturated carbocycles. The van der Waals surface area contributed by atoms with Crippen molar-refractivity contribution in [3.8, 4) is 5.75 Å². The summed E-state index contributed by atoms with van der Waals surface area (Å²) in [5.74, 6) is 0.0808. The molecule has 5 heteroatoms. The van der Waals surface area contributed by atoms with Crippen molar-refractivity contribution in [1.29, 1.82) is 5.41 Å². The van der Waals surface area contributed by atoms with Crippen molar-refractivity contribution in [1.82, 2.24) is 0 Å². The van der Waals surface area contributed by atoms with Gasteiger partial charge in [-0.3, -0.25) is 0 Å². The molecule has 1 aromatic carbocycles. The second-order valence-corrected chi connectivity index (χ2v) is 6.63. The summed E-state index contributed by atoms with van der Waals surface area (Å²) in [6, 6.07) is 4.60. The molecule has 0 radical (unpaired) electrons. The van der Waals surface area contributed by atoms with Gasteiger partial charge in [-0.15, -0.1) is 0 Å². The number of nitrogens with one attached hydrogen (secondary N) is 1. The number of aromatic hydroxyl groups is 1. The smallest absolute Gasteiger partial charge is 0.418 e. The number of phenols is 1. The molecule has 0 bridgehead atoms. The van der Waals surface area contributed by atoms with Gasteiger partial charge in [0.2, 0.25) is 0 Å². The molecule has 124 valence electrons. The standard InChI is InChI=1S/C18H20F3NO/c1-2-3-7-17-8-6-14(22)16(18(19,20)21)15(17)13-5-4-12(23)9-11(13)10-17/h4-5,9,22-23H,2-3,6-8,10H2,1H3. The van der Waals surface area contributed by atoms with E-state index in [0.717, 1.165) is 18.4 Å². The first-order valence-corrected chi connectivity index (χ1v) is 8.00. The normalized spacial score (nSPS) is 23.9. The van der Waals surface area contributed by atoms with Crippen LogP contribution in [0.4, 0.5) is 13.2 Å². The number of fused-ring (bicyclic) bond motifs is 3. The Kier molecular flexibility index (Phi) is 3.77. The summed E-state index contributed by atoms with van der Waals surface area (Å²) in [5.41, 5.74) is 0.0411. The number of hydrogen-bond acceptors (Lipinski definition) is 2. The summed E-state index contributed by atoms with van der Waals surface area (Å²) < 4.78 is 40.9. The van der Waals surface area contributed by atoms with Crippen molar-refractivity contribution < 1.29 is 18.3 Å². The Morgan fingerprint density at radius 3 is 2.70 bits per heavy atom. The maximum absolute atomic E-state index is 13.6. The zero-order valence-corrected chi connectivity index (χ0v) is 13.1. The van der Waals surface area contributed by atoms with Crippen LogP contribution in [0.2, 0.25) is 0 Å². The molecule has 1 aromatic rings. The highest BCUT2D eigenvalue weighted by Gasteiger charge is 2.52. The maximum atomic E-state index is 13.6. The average Bonchev–Trinajstić information content (AvgIpc) is 2.77. The molecule has 23 heavy (non-hydrogen) atoms. The lowest BCUT2D eigenvalue weighted by Gasteiger charge is -2.38. The van der Waals surface area contributed by atoms with Gasteiger partial charge in [0.25, 0.3) is 0 Å². The molecule has 3 rings (SSSR count). The van der Waals surface area contributed by atoms with Gasteiger partial charge in [0, 0.05) is 11.1 Å². The Bertz CT molecular complexity index is 690. The third-order valence-corrected chi connectivity index (χ3v) is 5.12. The van der Waals surface area contributed by atoms with Crippen molar-refractivity contribution in [3.05, 3.63) is 34.9 Å². The monoisotopic (exact) mass is 323 g/mol. The summed E-state index contributed by atoms with van der Waals surface area (Å²) in [5, 5.41) is 17.6. The number of hydrogen-bond donors (Lipinski definition) is 2. The van der Waals surface area contributed by atoms with Crippen LogP contribution in [0.3, 0.4) is 0 Å². The molecule has 0 aromatic heterocycles. The zero-order chi connectivity index (χ0) is 16.8. The minimum atomic E-state index is -4.51. The van der Waals surface area contributed by atoms with Gasteiger partial charge in [-0.1, -0.05) is 25.8 Å². The number of allylic oxidation sites excluding steroid dienone is 2. The predicted molar refractivity (Wildman–Crippen MR) is 83.7 cm³/mol. The number of alkyl halides is 3. The minimum Gasteiger partial charge on any atom is -0.508 e. The predicted octanol–water partition coefficient (Wildman–Crippen LogP) is 5.25. The number of unbranched alkanes of at least 4 members (excludes halogenated alkanes) is 1. The Morgan fingerprint density at radius 2 is 2.04 bits per heavy atom. The maximum Gasteiger partial charge on any atom is 0.418 e. The molecule has 0 amide bonds. The van der Waals surface area contributed by atoms with Crippen LogP contribution in [0.25, 0.3) is 5.57 Å². The van der Waals surface area contributed by atoms with Gasteiger partial charge in [-0.2, -0.15) is 13.2 Å². The fourth-order valence-corrected chi connectivity index (χ4v) is 4.13. The van der Waals surface area contributed by atoms with Crippen molar-refractivity contribution in [2.45, 2.75) is 51.6 Å². The van der Waals surface area contributed by atoms with Crippen molar-refractivity contribution >= 4 is 11.3 Å². The van der Waals surface area contributed by atoms with E-state index in [1.165, 1.54) is 6.07 Å². The Hall–Kier alpha value is -1.78. The summed E-state index contributed by atoms with van der Waals surface area (Å²) in [6.45, 7) is 2.03. The summed E-state index contributed by atoms with van der Waals surface area (Å²) in [7, 11) is 0. The van der Waals surface area contributed by atoms with Crippen molar-refractivity contribution in [2.75, 3.05) is 0 Å². The Balaban J connectivity index is 2.26. The summed E-state index contributed by atoms with van der Waals surface area (Å²) in [6.07, 6.45) is -0.751. The molecular weight excluding hydrogens is 303 g/mol. The van der Waals surface area contributed by atoms with E-state index in [4.69, 9.17) is 5.41 Å². The zero-order valence-electron chi connectivity index (χ0n) is 13.1. The van der Waals surface area contributed by atoms with Gasteiger partial charge in [-0.25, -0.2) is 0 Å². The SMILES string of the molecule is CCCCC12CCC(=N)C(C(F)(F)F)=C1c1ccc(O)cc1C2. The second kappa shape index (κ2) is 5.39. The van der Waals surface area contributed by atoms with Crippen molar-refractivity contribution in [2.24, 2.45) is 5.41 Å². The van der Waals surface area contributed by atoms with Gasteiger partial charge < -0.3 is 10.5 Å². The van der Waals surface area contributed by atoms with E-state index in [1.807, 2.05) is 6.92 Å². The largest absolute Gasteiger partial charge is 0.508 e. The van der Waals surface area contributed by atoms with Crippen LogP contribution in [0.1, 0.15) is 50.2 Å². The van der Waals surface area contributed by atoms with Crippen LogP contribution in [0.5, 0.6) is 5.75 Å². The van der Waals surface area contributed by atoms with Crippen LogP contribution >= 0.6 is 0 Å². The number of rotatable bonds is 3. The number of phenolic OH excluding ortho intramolecular Hbond substituents is 1. The van der Waals surface area contributed by atoms with Crippen LogP contribution < -0.4 is 0 Å². The van der Waals surface area contributed by atoms with E-state index in [0.29, 0.717) is 30.4 Å². The fraction of sp³-hybridized carbons (Fsp3) is 0.500. The molecule has 0 spiro atoms. The first-order chi connectivity index (χ1) is 10.8. The first kappa shape index (κ1) is 16.1. The highest BCUT2D eigenvalue weighted by atomic mass is 19.4. The molecule has 2 N–H and O–H groups in total. The average molecular weight is 323 g/mol. The van der Waals surface area contributed by atoms with E-state index in [2.05, 4.69) is 0 Å². The molecule has 2 aliphatic carbocycles. The highest BCUT2D eigenvalue weighted by Crippen LogP contribution is 2.58. The van der Waals surface area contributed by atoms with Crippen LogP contribution in [-0.4, -0.2) is 17.0 Å². The van der Waals surface area contributed by atoms with Gasteiger partial charge >= 0.3 is 6.18 Å². The minimum absolute atomic E-state index is 0.0808. The Labute approximate surface area is 133 Å². The second-order valence-electron chi connectivity index (χ2n) is 6.63. The quantitative estimate of drug-likeness (QED) is 0.783.